The fourth-order valence-electron chi connectivity index (χ4n) is 2.35. The summed E-state index contributed by atoms with van der Waals surface area (Å²) in [6.45, 7) is 4.21. The molecule has 2 rings (SSSR count). The quantitative estimate of drug-likeness (QED) is 0.751. The van der Waals surface area contributed by atoms with Gasteiger partial charge in [0.2, 0.25) is 0 Å². The summed E-state index contributed by atoms with van der Waals surface area (Å²) in [4.78, 5) is 12.8. The molecular formula is C12H17N5. The van der Waals surface area contributed by atoms with Gasteiger partial charge in [0.25, 0.3) is 0 Å². The van der Waals surface area contributed by atoms with E-state index in [9.17, 15) is 0 Å². The van der Waals surface area contributed by atoms with Crippen molar-refractivity contribution >= 4 is 5.82 Å². The average molecular weight is 231 g/mol. The van der Waals surface area contributed by atoms with E-state index in [0.29, 0.717) is 17.7 Å². The van der Waals surface area contributed by atoms with E-state index < -0.39 is 0 Å². The van der Waals surface area contributed by atoms with Crippen LogP contribution in [-0.4, -0.2) is 48.1 Å². The van der Waals surface area contributed by atoms with E-state index in [2.05, 4.69) is 40.8 Å². The lowest BCUT2D eigenvalue weighted by Crippen LogP contribution is -2.34. The Labute approximate surface area is 102 Å². The third-order valence-corrected chi connectivity index (χ3v) is 3.31. The van der Waals surface area contributed by atoms with Crippen molar-refractivity contribution in [3.63, 3.8) is 0 Å². The van der Waals surface area contributed by atoms with E-state index in [1.54, 1.807) is 6.20 Å². The fourth-order valence-corrected chi connectivity index (χ4v) is 2.35. The van der Waals surface area contributed by atoms with Gasteiger partial charge in [-0.15, -0.1) is 0 Å². The average Bonchev–Trinajstić information content (AvgIpc) is 2.71. The molecule has 1 fully saturated rings. The Morgan fingerprint density at radius 1 is 1.35 bits per heavy atom. The maximum Gasteiger partial charge on any atom is 0.158 e. The van der Waals surface area contributed by atoms with Crippen LogP contribution in [0.25, 0.3) is 0 Å². The zero-order chi connectivity index (χ0) is 12.4. The second-order valence-electron chi connectivity index (χ2n) is 4.78. The van der Waals surface area contributed by atoms with Crippen molar-refractivity contribution in [1.82, 2.24) is 14.9 Å². The lowest BCUT2D eigenvalue weighted by Gasteiger charge is -2.22. The van der Waals surface area contributed by atoms with Crippen molar-refractivity contribution in [2.24, 2.45) is 5.92 Å². The molecule has 0 aromatic carbocycles. The van der Waals surface area contributed by atoms with Gasteiger partial charge in [0.15, 0.2) is 5.69 Å². The highest BCUT2D eigenvalue weighted by molar-refractivity contribution is 5.39. The van der Waals surface area contributed by atoms with E-state index in [1.807, 2.05) is 6.07 Å². The van der Waals surface area contributed by atoms with Gasteiger partial charge in [-0.2, -0.15) is 5.26 Å². The van der Waals surface area contributed by atoms with E-state index in [1.165, 1.54) is 6.20 Å². The summed E-state index contributed by atoms with van der Waals surface area (Å²) in [5, 5.41) is 8.68. The second kappa shape index (κ2) is 4.68. The number of nitriles is 1. The molecule has 1 saturated heterocycles. The number of likely N-dealkylation sites (N-methyl/N-ethyl adjacent to an activating group) is 1. The largest absolute Gasteiger partial charge is 0.353 e. The Balaban J connectivity index is 2.12. The minimum Gasteiger partial charge on any atom is -0.353 e. The number of anilines is 1. The molecule has 0 N–H and O–H groups in total. The lowest BCUT2D eigenvalue weighted by atomic mass is 10.1. The molecule has 1 aromatic heterocycles. The molecule has 1 aromatic rings. The summed E-state index contributed by atoms with van der Waals surface area (Å²) < 4.78 is 0. The number of nitrogens with zero attached hydrogens (tertiary/aromatic N) is 5. The van der Waals surface area contributed by atoms with Gasteiger partial charge in [-0.05, 0) is 20.0 Å². The summed E-state index contributed by atoms with van der Waals surface area (Å²) in [6.07, 6.45) is 3.21. The Morgan fingerprint density at radius 2 is 2.12 bits per heavy atom. The third-order valence-electron chi connectivity index (χ3n) is 3.31. The van der Waals surface area contributed by atoms with Crippen molar-refractivity contribution in [2.75, 3.05) is 32.1 Å². The van der Waals surface area contributed by atoms with Crippen LogP contribution in [0.4, 0.5) is 5.82 Å². The topological polar surface area (TPSA) is 56.1 Å². The molecule has 2 atom stereocenters. The van der Waals surface area contributed by atoms with Gasteiger partial charge >= 0.3 is 0 Å². The van der Waals surface area contributed by atoms with Crippen LogP contribution >= 0.6 is 0 Å². The summed E-state index contributed by atoms with van der Waals surface area (Å²) >= 11 is 0. The molecule has 5 heteroatoms. The van der Waals surface area contributed by atoms with Crippen LogP contribution in [-0.2, 0) is 0 Å². The van der Waals surface area contributed by atoms with Gasteiger partial charge in [-0.25, -0.2) is 9.97 Å². The van der Waals surface area contributed by atoms with E-state index in [0.717, 1.165) is 18.9 Å². The first-order valence-electron chi connectivity index (χ1n) is 5.75. The van der Waals surface area contributed by atoms with Crippen molar-refractivity contribution in [1.29, 1.82) is 5.26 Å². The molecule has 0 amide bonds. The van der Waals surface area contributed by atoms with E-state index >= 15 is 0 Å². The van der Waals surface area contributed by atoms with Crippen LogP contribution in [0.5, 0.6) is 0 Å². The molecule has 2 unspecified atom stereocenters. The Hall–Kier alpha value is -1.67. The van der Waals surface area contributed by atoms with Crippen molar-refractivity contribution in [3.8, 4) is 6.07 Å². The molecular weight excluding hydrogens is 214 g/mol. The molecule has 1 aliphatic rings. The molecule has 5 nitrogen and oxygen atoms in total. The minimum atomic E-state index is 0.366. The summed E-state index contributed by atoms with van der Waals surface area (Å²) in [5.41, 5.74) is 0.366. The van der Waals surface area contributed by atoms with Gasteiger partial charge in [0, 0.05) is 19.1 Å². The van der Waals surface area contributed by atoms with Crippen molar-refractivity contribution in [2.45, 2.75) is 13.0 Å². The van der Waals surface area contributed by atoms with E-state index in [-0.39, 0.29) is 0 Å². The molecule has 90 valence electrons. The highest BCUT2D eigenvalue weighted by Gasteiger charge is 2.31. The van der Waals surface area contributed by atoms with Gasteiger partial charge in [0.1, 0.15) is 11.9 Å². The predicted molar refractivity (Wildman–Crippen MR) is 65.6 cm³/mol. The number of hydrogen-bond donors (Lipinski definition) is 0. The highest BCUT2D eigenvalue weighted by Crippen LogP contribution is 2.23. The van der Waals surface area contributed by atoms with Crippen LogP contribution < -0.4 is 4.90 Å². The zero-order valence-corrected chi connectivity index (χ0v) is 10.5. The SMILES string of the molecule is CC1CN(c2cnc(C#N)cn2)CC1N(C)C. The van der Waals surface area contributed by atoms with Crippen molar-refractivity contribution < 1.29 is 0 Å². The van der Waals surface area contributed by atoms with Crippen LogP contribution in [0.15, 0.2) is 12.4 Å². The number of hydrogen-bond acceptors (Lipinski definition) is 5. The maximum absolute atomic E-state index is 8.68. The molecule has 0 bridgehead atoms. The third kappa shape index (κ3) is 2.37. The Morgan fingerprint density at radius 3 is 2.59 bits per heavy atom. The predicted octanol–water partition coefficient (Wildman–Crippen LogP) is 0.735. The lowest BCUT2D eigenvalue weighted by molar-refractivity contribution is 0.266. The fraction of sp³-hybridized carbons (Fsp3) is 0.583. The van der Waals surface area contributed by atoms with Gasteiger partial charge in [-0.1, -0.05) is 6.92 Å². The van der Waals surface area contributed by atoms with Gasteiger partial charge in [-0.3, -0.25) is 0 Å². The molecule has 0 aliphatic carbocycles. The molecule has 0 saturated carbocycles. The normalized spacial score (nSPS) is 24.1. The zero-order valence-electron chi connectivity index (χ0n) is 10.5. The van der Waals surface area contributed by atoms with Crippen LogP contribution in [0.1, 0.15) is 12.6 Å². The second-order valence-corrected chi connectivity index (χ2v) is 4.78. The molecule has 2 heterocycles. The molecule has 17 heavy (non-hydrogen) atoms. The maximum atomic E-state index is 8.68. The number of aromatic nitrogens is 2. The minimum absolute atomic E-state index is 0.366. The standard InChI is InChI=1S/C12H17N5/c1-9-7-17(8-11(9)16(2)3)12-6-14-10(4-13)5-15-12/h5-6,9,11H,7-8H2,1-3H3. The Bertz CT molecular complexity index is 420. The monoisotopic (exact) mass is 231 g/mol. The van der Waals surface area contributed by atoms with Crippen LogP contribution in [0.3, 0.4) is 0 Å². The van der Waals surface area contributed by atoms with Gasteiger partial charge in [0.05, 0.1) is 12.4 Å². The Kier molecular flexibility index (Phi) is 3.25. The summed E-state index contributed by atoms with van der Waals surface area (Å²) in [6, 6.07) is 2.53. The van der Waals surface area contributed by atoms with Crippen LogP contribution in [0.2, 0.25) is 0 Å². The van der Waals surface area contributed by atoms with Crippen molar-refractivity contribution in [3.05, 3.63) is 18.1 Å². The first kappa shape index (κ1) is 11.8. The number of rotatable bonds is 2. The molecule has 0 radical (unpaired) electrons. The summed E-state index contributed by atoms with van der Waals surface area (Å²) in [5.74, 6) is 1.47. The first-order valence-corrected chi connectivity index (χ1v) is 5.75. The highest BCUT2D eigenvalue weighted by atomic mass is 15.3. The van der Waals surface area contributed by atoms with Gasteiger partial charge < -0.3 is 9.80 Å². The molecule has 1 aliphatic heterocycles. The smallest absolute Gasteiger partial charge is 0.158 e. The first-order chi connectivity index (χ1) is 8.11. The van der Waals surface area contributed by atoms with E-state index in [4.69, 9.17) is 5.26 Å². The molecule has 0 spiro atoms. The summed E-state index contributed by atoms with van der Waals surface area (Å²) in [7, 11) is 4.21. The van der Waals surface area contributed by atoms with Crippen LogP contribution in [0, 0.1) is 17.2 Å².